The first kappa shape index (κ1) is 28.3. The molecule has 7 nitrogen and oxygen atoms in total. The third-order valence-electron chi connectivity index (χ3n) is 8.98. The number of amides is 2. The average Bonchev–Trinajstić information content (AvgIpc) is 3.53. The average molecular weight is 548 g/mol. The molecule has 2 aliphatic heterocycles. The Bertz CT molecular complexity index is 1390. The maximum Gasteiger partial charge on any atom is 0.256 e. The molecule has 2 aromatic heterocycles. The molecule has 0 N–H and O–H groups in total. The molecule has 0 spiro atoms. The molecule has 0 aliphatic carbocycles. The van der Waals surface area contributed by atoms with Crippen LogP contribution in [0.1, 0.15) is 61.5 Å². The van der Waals surface area contributed by atoms with Crippen molar-refractivity contribution in [2.75, 3.05) is 39.8 Å². The molecular weight excluding hydrogens is 505 g/mol. The van der Waals surface area contributed by atoms with E-state index in [-0.39, 0.29) is 17.9 Å². The fourth-order valence-electron chi connectivity index (χ4n) is 6.46. The molecule has 2 amide bonds. The molecule has 40 heavy (non-hydrogen) atoms. The Morgan fingerprint density at radius 2 is 1.82 bits per heavy atom. The van der Waals surface area contributed by atoms with Gasteiger partial charge in [0.05, 0.1) is 23.0 Å². The highest BCUT2D eigenvalue weighted by Gasteiger charge is 2.29. The van der Waals surface area contributed by atoms with E-state index >= 15 is 0 Å². The smallest absolute Gasteiger partial charge is 0.256 e. The van der Waals surface area contributed by atoms with Crippen LogP contribution in [0, 0.1) is 24.6 Å². The summed E-state index contributed by atoms with van der Waals surface area (Å²) in [4.78, 5) is 35.7. The van der Waals surface area contributed by atoms with Crippen LogP contribution in [0.4, 0.5) is 4.39 Å². The number of pyridine rings is 1. The molecule has 2 fully saturated rings. The molecule has 0 saturated carbocycles. The maximum atomic E-state index is 14.4. The van der Waals surface area contributed by atoms with Crippen LogP contribution in [0.3, 0.4) is 0 Å². The second-order valence-electron chi connectivity index (χ2n) is 12.1. The second kappa shape index (κ2) is 11.7. The Labute approximate surface area is 236 Å². The minimum Gasteiger partial charge on any atom is -0.343 e. The number of aromatic nitrogens is 2. The molecule has 3 aromatic rings. The number of carbonyl (C=O) groups is 2. The summed E-state index contributed by atoms with van der Waals surface area (Å²) in [6, 6.07) is 4.47. The number of fused-ring (bicyclic) bond motifs is 1. The van der Waals surface area contributed by atoms with E-state index in [9.17, 15) is 14.0 Å². The molecule has 8 heteroatoms. The van der Waals surface area contributed by atoms with Crippen molar-refractivity contribution in [3.05, 3.63) is 59.3 Å². The molecule has 5 rings (SSSR count). The van der Waals surface area contributed by atoms with Crippen LogP contribution in [0.15, 0.2) is 36.8 Å². The van der Waals surface area contributed by atoms with E-state index in [0.29, 0.717) is 23.1 Å². The van der Waals surface area contributed by atoms with Crippen LogP contribution in [-0.4, -0.2) is 81.9 Å². The lowest BCUT2D eigenvalue weighted by molar-refractivity contribution is -0.130. The topological polar surface area (TPSA) is 61.7 Å². The van der Waals surface area contributed by atoms with Gasteiger partial charge in [-0.3, -0.25) is 14.6 Å². The predicted molar refractivity (Wildman–Crippen MR) is 156 cm³/mol. The molecular formula is C32H42FN5O2. The number of piperidine rings is 1. The summed E-state index contributed by atoms with van der Waals surface area (Å²) in [5.41, 5.74) is 4.32. The van der Waals surface area contributed by atoms with Crippen molar-refractivity contribution in [2.45, 2.75) is 59.4 Å². The number of rotatable bonds is 7. The van der Waals surface area contributed by atoms with Gasteiger partial charge in [0, 0.05) is 64.0 Å². The summed E-state index contributed by atoms with van der Waals surface area (Å²) >= 11 is 0. The van der Waals surface area contributed by atoms with Crippen molar-refractivity contribution in [1.82, 2.24) is 24.3 Å². The highest BCUT2D eigenvalue weighted by atomic mass is 19.1. The van der Waals surface area contributed by atoms with Crippen molar-refractivity contribution < 1.29 is 14.0 Å². The highest BCUT2D eigenvalue weighted by Crippen LogP contribution is 2.33. The van der Waals surface area contributed by atoms with Gasteiger partial charge in [0.25, 0.3) is 5.91 Å². The summed E-state index contributed by atoms with van der Waals surface area (Å²) in [5, 5.41) is 1.17. The number of likely N-dealkylation sites (tertiary alicyclic amines) is 2. The van der Waals surface area contributed by atoms with Crippen molar-refractivity contribution in [3.63, 3.8) is 0 Å². The number of nitrogens with zero attached hydrogens (tertiary/aromatic N) is 5. The fourth-order valence-corrected chi connectivity index (χ4v) is 6.46. The Kier molecular flexibility index (Phi) is 8.26. The third kappa shape index (κ3) is 5.78. The van der Waals surface area contributed by atoms with Crippen LogP contribution < -0.4 is 0 Å². The zero-order chi connectivity index (χ0) is 28.6. The first-order valence-electron chi connectivity index (χ1n) is 14.6. The maximum absolute atomic E-state index is 14.4. The number of benzene rings is 1. The Morgan fingerprint density at radius 3 is 2.52 bits per heavy atom. The lowest BCUT2D eigenvalue weighted by Gasteiger charge is -2.33. The van der Waals surface area contributed by atoms with Crippen LogP contribution >= 0.6 is 0 Å². The van der Waals surface area contributed by atoms with Crippen molar-refractivity contribution >= 4 is 22.7 Å². The lowest BCUT2D eigenvalue weighted by Crippen LogP contribution is -2.40. The molecule has 1 atom stereocenters. The SMILES string of the molecule is CC(=O)N1CCC(CN2CC[C@H](Cc3cn(-c4ccc(F)cc4C(=O)N(C)C(C)C)c4cncc(C)c34)C2)CC1. The number of halogens is 1. The van der Waals surface area contributed by atoms with Gasteiger partial charge < -0.3 is 19.3 Å². The second-order valence-corrected chi connectivity index (χ2v) is 12.1. The Balaban J connectivity index is 1.38. The molecule has 4 heterocycles. The minimum atomic E-state index is -0.423. The molecule has 0 radical (unpaired) electrons. The van der Waals surface area contributed by atoms with Crippen LogP contribution in [0.5, 0.6) is 0 Å². The first-order chi connectivity index (χ1) is 19.1. The van der Waals surface area contributed by atoms with E-state index in [1.807, 2.05) is 35.7 Å². The van der Waals surface area contributed by atoms with Crippen LogP contribution in [0.2, 0.25) is 0 Å². The summed E-state index contributed by atoms with van der Waals surface area (Å²) in [6.07, 6.45) is 10.2. The summed E-state index contributed by atoms with van der Waals surface area (Å²) in [6.45, 7) is 12.7. The standard InChI is InChI=1S/C32H42FN5O2/c1-21(2)35(5)32(40)28-15-27(33)6-7-29(28)38-20-26(31-22(3)16-34-17-30(31)38)14-25-8-11-36(19-25)18-24-9-12-37(13-10-24)23(4)39/h6-7,15-17,20-21,24-25H,8-14,18-19H2,1-5H3/t25-/m1/s1. The summed E-state index contributed by atoms with van der Waals surface area (Å²) in [5.74, 6) is 0.768. The van der Waals surface area contributed by atoms with Gasteiger partial charge in [0.1, 0.15) is 5.82 Å². The quantitative estimate of drug-likeness (QED) is 0.414. The van der Waals surface area contributed by atoms with Crippen LogP contribution in [-0.2, 0) is 11.2 Å². The predicted octanol–water partition coefficient (Wildman–Crippen LogP) is 5.08. The van der Waals surface area contributed by atoms with Gasteiger partial charge in [-0.25, -0.2) is 4.39 Å². The largest absolute Gasteiger partial charge is 0.343 e. The van der Waals surface area contributed by atoms with Crippen molar-refractivity contribution in [3.8, 4) is 5.69 Å². The van der Waals surface area contributed by atoms with E-state index in [0.717, 1.165) is 69.5 Å². The van der Waals surface area contributed by atoms with E-state index in [4.69, 9.17) is 0 Å². The zero-order valence-electron chi connectivity index (χ0n) is 24.5. The van der Waals surface area contributed by atoms with E-state index in [1.54, 1.807) is 24.9 Å². The normalized spacial score (nSPS) is 18.7. The lowest BCUT2D eigenvalue weighted by atomic mass is 9.96. The number of carbonyl (C=O) groups excluding carboxylic acids is 2. The Hall–Kier alpha value is -3.26. The molecule has 2 saturated heterocycles. The molecule has 0 bridgehead atoms. The number of hydrogen-bond acceptors (Lipinski definition) is 4. The number of hydrogen-bond donors (Lipinski definition) is 0. The molecule has 0 unspecified atom stereocenters. The Morgan fingerprint density at radius 1 is 1.10 bits per heavy atom. The van der Waals surface area contributed by atoms with Crippen molar-refractivity contribution in [2.24, 2.45) is 11.8 Å². The third-order valence-corrected chi connectivity index (χ3v) is 8.98. The minimum absolute atomic E-state index is 0.00325. The first-order valence-corrected chi connectivity index (χ1v) is 14.6. The van der Waals surface area contributed by atoms with Gasteiger partial charge in [-0.2, -0.15) is 0 Å². The van der Waals surface area contributed by atoms with Gasteiger partial charge in [-0.1, -0.05) is 0 Å². The zero-order valence-corrected chi connectivity index (χ0v) is 24.5. The van der Waals surface area contributed by atoms with Crippen LogP contribution in [0.25, 0.3) is 16.6 Å². The van der Waals surface area contributed by atoms with E-state index in [1.165, 1.54) is 23.1 Å². The molecule has 1 aromatic carbocycles. The van der Waals surface area contributed by atoms with Gasteiger partial charge >= 0.3 is 0 Å². The van der Waals surface area contributed by atoms with Gasteiger partial charge in [0.2, 0.25) is 5.91 Å². The van der Waals surface area contributed by atoms with E-state index < -0.39 is 5.82 Å². The molecule has 2 aliphatic rings. The van der Waals surface area contributed by atoms with Gasteiger partial charge in [-0.05, 0) is 94.2 Å². The van der Waals surface area contributed by atoms with E-state index in [2.05, 4.69) is 23.0 Å². The van der Waals surface area contributed by atoms with Gasteiger partial charge in [0.15, 0.2) is 0 Å². The highest BCUT2D eigenvalue weighted by molar-refractivity contribution is 5.99. The van der Waals surface area contributed by atoms with Gasteiger partial charge in [-0.15, -0.1) is 0 Å². The molecule has 214 valence electrons. The fraction of sp³-hybridized carbons (Fsp3) is 0.531. The monoisotopic (exact) mass is 547 g/mol. The number of aryl methyl sites for hydroxylation is 1. The summed E-state index contributed by atoms with van der Waals surface area (Å²) < 4.78 is 16.4. The summed E-state index contributed by atoms with van der Waals surface area (Å²) in [7, 11) is 1.76. The van der Waals surface area contributed by atoms with Crippen molar-refractivity contribution in [1.29, 1.82) is 0 Å².